The van der Waals surface area contributed by atoms with Gasteiger partial charge in [-0.15, -0.1) is 11.3 Å². The van der Waals surface area contributed by atoms with Gasteiger partial charge in [0, 0.05) is 0 Å². The largest absolute Gasteiger partial charge is 0.465 e. The highest BCUT2D eigenvalue weighted by atomic mass is 79.9. The van der Waals surface area contributed by atoms with Crippen LogP contribution >= 0.6 is 27.3 Å². The summed E-state index contributed by atoms with van der Waals surface area (Å²) >= 11 is 2.75. The maximum atomic E-state index is 12.5. The Bertz CT molecular complexity index is 534. The number of rotatable bonds is 5. The highest BCUT2D eigenvalue weighted by molar-refractivity contribution is 9.10. The number of halogens is 3. The van der Waals surface area contributed by atoms with Crippen molar-refractivity contribution in [3.8, 4) is 0 Å². The molecule has 0 radical (unpaired) electrons. The second-order valence-electron chi connectivity index (χ2n) is 2.94. The summed E-state index contributed by atoms with van der Waals surface area (Å²) in [6, 6.07) is 1.08. The van der Waals surface area contributed by atoms with Crippen LogP contribution in [0.2, 0.25) is 0 Å². The van der Waals surface area contributed by atoms with Crippen molar-refractivity contribution in [2.75, 3.05) is 13.7 Å². The van der Waals surface area contributed by atoms with Crippen LogP contribution in [0.25, 0.3) is 0 Å². The molecule has 0 unspecified atom stereocenters. The fraction of sp³-hybridized carbons (Fsp3) is 0.375. The van der Waals surface area contributed by atoms with Gasteiger partial charge < -0.3 is 4.74 Å². The number of hydrogen-bond acceptors (Lipinski definition) is 6. The number of methoxy groups -OCH3 is 1. The topological polar surface area (TPSA) is 69.7 Å². The van der Waals surface area contributed by atoms with Crippen molar-refractivity contribution in [1.82, 2.24) is 0 Å². The van der Waals surface area contributed by atoms with Gasteiger partial charge in [-0.1, -0.05) is 0 Å². The molecule has 1 aromatic rings. The van der Waals surface area contributed by atoms with Gasteiger partial charge in [-0.2, -0.15) is 17.2 Å². The van der Waals surface area contributed by atoms with Crippen LogP contribution in [0.15, 0.2) is 16.3 Å². The van der Waals surface area contributed by atoms with Crippen molar-refractivity contribution in [2.45, 2.75) is 9.73 Å². The molecule has 0 N–H and O–H groups in total. The summed E-state index contributed by atoms with van der Waals surface area (Å²) in [5, 5.41) is 1.31. The quantitative estimate of drug-likeness (QED) is 0.455. The van der Waals surface area contributed by atoms with Crippen molar-refractivity contribution >= 4 is 43.4 Å². The van der Waals surface area contributed by atoms with E-state index in [1.54, 1.807) is 0 Å². The third kappa shape index (κ3) is 3.97. The molecule has 0 aliphatic carbocycles. The molecule has 10 heteroatoms. The maximum absolute atomic E-state index is 12.5. The lowest BCUT2D eigenvalue weighted by Gasteiger charge is -2.09. The molecule has 0 saturated carbocycles. The number of alkyl halides is 3. The average molecular weight is 365 g/mol. The zero-order valence-electron chi connectivity index (χ0n) is 8.85. The molecule has 0 spiro atoms. The Morgan fingerprint density at radius 1 is 1.56 bits per heavy atom. The molecule has 5 nitrogen and oxygen atoms in total. The number of carbonyl (C=O) groups is 1. The SMILES string of the molecule is COC(=O)c1sccc1S(=O)(=O)OCC(F)(F)Br. The first-order valence-electron chi connectivity index (χ1n) is 4.29. The van der Waals surface area contributed by atoms with Crippen LogP contribution in [-0.4, -0.2) is 32.9 Å². The second-order valence-corrected chi connectivity index (χ2v) is 6.60. The van der Waals surface area contributed by atoms with Crippen molar-refractivity contribution in [3.63, 3.8) is 0 Å². The average Bonchev–Trinajstić information content (AvgIpc) is 2.74. The molecule has 1 rings (SSSR count). The van der Waals surface area contributed by atoms with Crippen LogP contribution in [0.4, 0.5) is 8.78 Å². The van der Waals surface area contributed by atoms with Gasteiger partial charge in [0.15, 0.2) is 0 Å². The Kier molecular flexibility index (Phi) is 4.81. The van der Waals surface area contributed by atoms with Crippen molar-refractivity contribution in [1.29, 1.82) is 0 Å². The molecule has 1 heterocycles. The number of ether oxygens (including phenoxy) is 1. The Balaban J connectivity index is 2.99. The highest BCUT2D eigenvalue weighted by Crippen LogP contribution is 2.27. The summed E-state index contributed by atoms with van der Waals surface area (Å²) in [5.74, 6) is -0.877. The summed E-state index contributed by atoms with van der Waals surface area (Å²) in [5.41, 5.74) is 0. The van der Waals surface area contributed by atoms with Gasteiger partial charge in [-0.25, -0.2) is 4.79 Å². The summed E-state index contributed by atoms with van der Waals surface area (Å²) in [7, 11) is -3.36. The molecule has 0 aromatic carbocycles. The second kappa shape index (κ2) is 5.59. The Hall–Kier alpha value is -0.580. The van der Waals surface area contributed by atoms with E-state index in [-0.39, 0.29) is 4.88 Å². The van der Waals surface area contributed by atoms with E-state index in [1.807, 2.05) is 15.9 Å². The fourth-order valence-corrected chi connectivity index (χ4v) is 3.43. The molecular weight excluding hydrogens is 358 g/mol. The predicted molar refractivity (Wildman–Crippen MR) is 62.7 cm³/mol. The summed E-state index contributed by atoms with van der Waals surface area (Å²) < 4.78 is 56.6. The third-order valence-electron chi connectivity index (χ3n) is 1.65. The zero-order valence-corrected chi connectivity index (χ0v) is 12.1. The predicted octanol–water partition coefficient (Wildman–Crippen LogP) is 2.23. The molecule has 1 aromatic heterocycles. The van der Waals surface area contributed by atoms with Crippen LogP contribution in [0.5, 0.6) is 0 Å². The van der Waals surface area contributed by atoms with Crippen LogP contribution in [-0.2, 0) is 19.0 Å². The first-order chi connectivity index (χ1) is 8.17. The van der Waals surface area contributed by atoms with Gasteiger partial charge in [-0.05, 0) is 27.4 Å². The van der Waals surface area contributed by atoms with Crippen molar-refractivity contribution < 1.29 is 30.9 Å². The van der Waals surface area contributed by atoms with E-state index in [2.05, 4.69) is 8.92 Å². The lowest BCUT2D eigenvalue weighted by atomic mass is 10.5. The highest BCUT2D eigenvalue weighted by Gasteiger charge is 2.31. The Morgan fingerprint density at radius 3 is 2.67 bits per heavy atom. The minimum absolute atomic E-state index is 0.226. The van der Waals surface area contributed by atoms with Gasteiger partial charge >= 0.3 is 10.8 Å². The summed E-state index contributed by atoms with van der Waals surface area (Å²) in [4.78, 5) is 7.07. The normalized spacial score (nSPS) is 12.4. The van der Waals surface area contributed by atoms with E-state index in [0.29, 0.717) is 0 Å². The van der Waals surface area contributed by atoms with Gasteiger partial charge in [-0.3, -0.25) is 4.18 Å². The number of hydrogen-bond donors (Lipinski definition) is 0. The zero-order chi connectivity index (χ0) is 14.0. The molecule has 0 fully saturated rings. The minimum Gasteiger partial charge on any atom is -0.465 e. The van der Waals surface area contributed by atoms with Crippen molar-refractivity contribution in [2.24, 2.45) is 0 Å². The molecule has 0 aliphatic rings. The van der Waals surface area contributed by atoms with E-state index in [4.69, 9.17) is 0 Å². The molecule has 102 valence electrons. The van der Waals surface area contributed by atoms with Crippen LogP contribution in [0, 0.1) is 0 Å². The molecule has 0 amide bonds. The first-order valence-corrected chi connectivity index (χ1v) is 7.37. The van der Waals surface area contributed by atoms with Crippen molar-refractivity contribution in [3.05, 3.63) is 16.3 Å². The van der Waals surface area contributed by atoms with Gasteiger partial charge in [0.25, 0.3) is 10.1 Å². The van der Waals surface area contributed by atoms with Gasteiger partial charge in [0.2, 0.25) is 0 Å². The first kappa shape index (κ1) is 15.5. The van der Waals surface area contributed by atoms with Gasteiger partial charge in [0.1, 0.15) is 16.4 Å². The summed E-state index contributed by atoms with van der Waals surface area (Å²) in [6.45, 7) is -1.37. The van der Waals surface area contributed by atoms with Crippen LogP contribution in [0.1, 0.15) is 9.67 Å². The molecule has 0 saturated heterocycles. The smallest absolute Gasteiger partial charge is 0.349 e. The lowest BCUT2D eigenvalue weighted by molar-refractivity contribution is 0.0566. The van der Waals surface area contributed by atoms with E-state index in [1.165, 1.54) is 5.38 Å². The minimum atomic E-state index is -4.44. The van der Waals surface area contributed by atoms with E-state index in [0.717, 1.165) is 24.5 Å². The molecule has 18 heavy (non-hydrogen) atoms. The monoisotopic (exact) mass is 364 g/mol. The lowest BCUT2D eigenvalue weighted by Crippen LogP contribution is -2.20. The fourth-order valence-electron chi connectivity index (χ4n) is 0.944. The molecule has 0 atom stereocenters. The van der Waals surface area contributed by atoms with E-state index < -0.39 is 32.4 Å². The maximum Gasteiger partial charge on any atom is 0.349 e. The number of carbonyl (C=O) groups excluding carboxylic acids is 1. The standard InChI is InChI=1S/C8H7BrF2O5S2/c1-15-7(12)6-5(2-3-17-6)18(13,14)16-4-8(9,10)11/h2-3H,4H2,1H3. The Morgan fingerprint density at radius 2 is 2.17 bits per heavy atom. The molecular formula is C8H7BrF2O5S2. The molecule has 0 aliphatic heterocycles. The van der Waals surface area contributed by atoms with Gasteiger partial charge in [0.05, 0.1) is 7.11 Å². The van der Waals surface area contributed by atoms with Crippen LogP contribution < -0.4 is 0 Å². The number of esters is 1. The van der Waals surface area contributed by atoms with E-state index in [9.17, 15) is 22.0 Å². The third-order valence-corrected chi connectivity index (χ3v) is 4.21. The van der Waals surface area contributed by atoms with Crippen LogP contribution in [0.3, 0.4) is 0 Å². The number of thiophene rings is 1. The summed E-state index contributed by atoms with van der Waals surface area (Å²) in [6.07, 6.45) is 0. The molecule has 0 bridgehead atoms. The van der Waals surface area contributed by atoms with E-state index >= 15 is 0 Å². The Labute approximate surface area is 114 Å².